The van der Waals surface area contributed by atoms with E-state index in [-0.39, 0.29) is 35.1 Å². The SMILES string of the molecule is COc1ccc(CNC(=O)c2ccccc2N(Cc2ccc(Cl)cc2)S(=O)(=O)c2ccc(C)cc2)cc1. The molecule has 4 aromatic rings. The molecule has 0 unspecified atom stereocenters. The molecule has 0 fully saturated rings. The van der Waals surface area contributed by atoms with Crippen molar-refractivity contribution in [2.24, 2.45) is 0 Å². The summed E-state index contributed by atoms with van der Waals surface area (Å²) >= 11 is 6.04. The molecule has 6 nitrogen and oxygen atoms in total. The van der Waals surface area contributed by atoms with Crippen molar-refractivity contribution in [3.05, 3.63) is 124 Å². The highest BCUT2D eigenvalue weighted by Crippen LogP contribution is 2.30. The molecule has 4 aromatic carbocycles. The van der Waals surface area contributed by atoms with Gasteiger partial charge >= 0.3 is 0 Å². The predicted octanol–water partition coefficient (Wildman–Crippen LogP) is 5.98. The molecular weight excluding hydrogens is 508 g/mol. The summed E-state index contributed by atoms with van der Waals surface area (Å²) in [6.07, 6.45) is 0. The zero-order valence-electron chi connectivity index (χ0n) is 20.5. The predicted molar refractivity (Wildman–Crippen MR) is 147 cm³/mol. The monoisotopic (exact) mass is 534 g/mol. The number of methoxy groups -OCH3 is 1. The summed E-state index contributed by atoms with van der Waals surface area (Å²) in [5.41, 5.74) is 3.10. The number of rotatable bonds is 9. The second-order valence-corrected chi connectivity index (χ2v) is 10.8. The van der Waals surface area contributed by atoms with E-state index in [0.717, 1.165) is 22.4 Å². The second-order valence-electron chi connectivity index (χ2n) is 8.50. The highest BCUT2D eigenvalue weighted by atomic mass is 35.5. The molecule has 8 heteroatoms. The fourth-order valence-corrected chi connectivity index (χ4v) is 5.39. The number of nitrogens with one attached hydrogen (secondary N) is 1. The van der Waals surface area contributed by atoms with E-state index in [2.05, 4.69) is 5.32 Å². The highest BCUT2D eigenvalue weighted by Gasteiger charge is 2.28. The van der Waals surface area contributed by atoms with E-state index in [1.807, 2.05) is 31.2 Å². The standard InChI is InChI=1S/C29H27ClN2O4S/c1-21-7-17-26(18-8-21)37(34,35)32(20-23-9-13-24(30)14-10-23)28-6-4-3-5-27(28)29(33)31-19-22-11-15-25(36-2)16-12-22/h3-18H,19-20H2,1-2H3,(H,31,33). The largest absolute Gasteiger partial charge is 0.497 e. The van der Waals surface area contributed by atoms with Crippen molar-refractivity contribution in [3.8, 4) is 5.75 Å². The van der Waals surface area contributed by atoms with Gasteiger partial charge in [0.25, 0.3) is 15.9 Å². The number of carbonyl (C=O) groups excluding carboxylic acids is 1. The summed E-state index contributed by atoms with van der Waals surface area (Å²) in [6, 6.07) is 27.7. The number of carbonyl (C=O) groups is 1. The number of nitrogens with zero attached hydrogens (tertiary/aromatic N) is 1. The maximum absolute atomic E-state index is 13.9. The Morgan fingerprint density at radius 3 is 2.14 bits per heavy atom. The lowest BCUT2D eigenvalue weighted by atomic mass is 10.1. The normalized spacial score (nSPS) is 11.1. The van der Waals surface area contributed by atoms with Crippen LogP contribution in [0, 0.1) is 6.92 Å². The van der Waals surface area contributed by atoms with Gasteiger partial charge in [-0.05, 0) is 66.6 Å². The molecule has 0 bridgehead atoms. The van der Waals surface area contributed by atoms with E-state index in [9.17, 15) is 13.2 Å². The molecule has 0 spiro atoms. The van der Waals surface area contributed by atoms with Crippen LogP contribution >= 0.6 is 11.6 Å². The smallest absolute Gasteiger partial charge is 0.264 e. The van der Waals surface area contributed by atoms with Crippen molar-refractivity contribution in [2.45, 2.75) is 24.9 Å². The van der Waals surface area contributed by atoms with Gasteiger partial charge in [0.15, 0.2) is 0 Å². The molecule has 0 aliphatic heterocycles. The van der Waals surface area contributed by atoms with E-state index in [0.29, 0.717) is 5.02 Å². The third-order valence-corrected chi connectivity index (χ3v) is 7.90. The van der Waals surface area contributed by atoms with Gasteiger partial charge in [-0.2, -0.15) is 0 Å². The molecule has 0 saturated heterocycles. The van der Waals surface area contributed by atoms with Crippen LogP contribution in [0.25, 0.3) is 0 Å². The number of anilines is 1. The number of benzene rings is 4. The van der Waals surface area contributed by atoms with Gasteiger partial charge in [-0.3, -0.25) is 9.10 Å². The first-order valence-corrected chi connectivity index (χ1v) is 13.4. The van der Waals surface area contributed by atoms with E-state index >= 15 is 0 Å². The van der Waals surface area contributed by atoms with Crippen LogP contribution in [-0.2, 0) is 23.1 Å². The van der Waals surface area contributed by atoms with Crippen LogP contribution in [0.15, 0.2) is 102 Å². The highest BCUT2D eigenvalue weighted by molar-refractivity contribution is 7.92. The van der Waals surface area contributed by atoms with Crippen molar-refractivity contribution in [1.82, 2.24) is 5.32 Å². The van der Waals surface area contributed by atoms with E-state index in [1.54, 1.807) is 79.9 Å². The molecule has 0 atom stereocenters. The number of hydrogen-bond donors (Lipinski definition) is 1. The molecular formula is C29H27ClN2O4S. The maximum Gasteiger partial charge on any atom is 0.264 e. The first kappa shape index (κ1) is 26.3. The molecule has 37 heavy (non-hydrogen) atoms. The van der Waals surface area contributed by atoms with Crippen LogP contribution < -0.4 is 14.4 Å². The van der Waals surface area contributed by atoms with Crippen LogP contribution in [-0.4, -0.2) is 21.4 Å². The number of halogens is 1. The van der Waals surface area contributed by atoms with Gasteiger partial charge in [0.1, 0.15) is 5.75 Å². The Bertz CT molecular complexity index is 1470. The minimum absolute atomic E-state index is 0.0240. The number of ether oxygens (including phenoxy) is 1. The van der Waals surface area contributed by atoms with Crippen LogP contribution in [0.1, 0.15) is 27.0 Å². The molecule has 0 aliphatic carbocycles. The third kappa shape index (κ3) is 6.31. The summed E-state index contributed by atoms with van der Waals surface area (Å²) in [5, 5.41) is 3.45. The second kappa shape index (κ2) is 11.5. The van der Waals surface area contributed by atoms with Crippen LogP contribution in [0.3, 0.4) is 0 Å². The Morgan fingerprint density at radius 1 is 0.865 bits per heavy atom. The van der Waals surface area contributed by atoms with Gasteiger partial charge in [-0.25, -0.2) is 8.42 Å². The Labute approximate surface area is 222 Å². The minimum Gasteiger partial charge on any atom is -0.497 e. The molecule has 1 N–H and O–H groups in total. The first-order chi connectivity index (χ1) is 17.8. The quantitative estimate of drug-likeness (QED) is 0.286. The molecule has 190 valence electrons. The molecule has 0 heterocycles. The van der Waals surface area contributed by atoms with E-state index in [4.69, 9.17) is 16.3 Å². The lowest BCUT2D eigenvalue weighted by molar-refractivity contribution is 0.0951. The van der Waals surface area contributed by atoms with Gasteiger partial charge in [0.05, 0.1) is 29.8 Å². The van der Waals surface area contributed by atoms with Gasteiger partial charge in [-0.1, -0.05) is 65.7 Å². The molecule has 0 aliphatic rings. The first-order valence-electron chi connectivity index (χ1n) is 11.6. The van der Waals surface area contributed by atoms with Gasteiger partial charge < -0.3 is 10.1 Å². The number of amides is 1. The summed E-state index contributed by atoms with van der Waals surface area (Å²) in [4.78, 5) is 13.4. The fourth-order valence-electron chi connectivity index (χ4n) is 3.80. The number of aryl methyl sites for hydroxylation is 1. The van der Waals surface area contributed by atoms with Crippen molar-refractivity contribution < 1.29 is 17.9 Å². The average Bonchev–Trinajstić information content (AvgIpc) is 2.92. The van der Waals surface area contributed by atoms with Gasteiger partial charge in [0.2, 0.25) is 0 Å². The van der Waals surface area contributed by atoms with Gasteiger partial charge in [0, 0.05) is 11.6 Å². The van der Waals surface area contributed by atoms with Crippen LogP contribution in [0.4, 0.5) is 5.69 Å². The van der Waals surface area contributed by atoms with E-state index in [1.165, 1.54) is 4.31 Å². The topological polar surface area (TPSA) is 75.7 Å². The number of sulfonamides is 1. The molecule has 0 radical (unpaired) electrons. The molecule has 4 rings (SSSR count). The average molecular weight is 535 g/mol. The van der Waals surface area contributed by atoms with Crippen LogP contribution in [0.2, 0.25) is 5.02 Å². The summed E-state index contributed by atoms with van der Waals surface area (Å²) in [5.74, 6) is 0.339. The Kier molecular flexibility index (Phi) is 8.16. The van der Waals surface area contributed by atoms with Crippen molar-refractivity contribution in [1.29, 1.82) is 0 Å². The van der Waals surface area contributed by atoms with Crippen LogP contribution in [0.5, 0.6) is 5.75 Å². The number of hydrogen-bond acceptors (Lipinski definition) is 4. The lowest BCUT2D eigenvalue weighted by Gasteiger charge is -2.27. The van der Waals surface area contributed by atoms with Crippen molar-refractivity contribution in [3.63, 3.8) is 0 Å². The summed E-state index contributed by atoms with van der Waals surface area (Å²) in [6.45, 7) is 2.19. The number of para-hydroxylation sites is 1. The molecule has 0 aromatic heterocycles. The Hall–Kier alpha value is -3.81. The molecule has 1 amide bonds. The van der Waals surface area contributed by atoms with Gasteiger partial charge in [-0.15, -0.1) is 0 Å². The lowest BCUT2D eigenvalue weighted by Crippen LogP contribution is -2.33. The third-order valence-electron chi connectivity index (χ3n) is 5.88. The van der Waals surface area contributed by atoms with Crippen molar-refractivity contribution in [2.75, 3.05) is 11.4 Å². The minimum atomic E-state index is -4.00. The Morgan fingerprint density at radius 2 is 1.49 bits per heavy atom. The summed E-state index contributed by atoms with van der Waals surface area (Å²) < 4.78 is 34.2. The summed E-state index contributed by atoms with van der Waals surface area (Å²) in [7, 11) is -2.41. The zero-order valence-corrected chi connectivity index (χ0v) is 22.1. The fraction of sp³-hybridized carbons (Fsp3) is 0.138. The van der Waals surface area contributed by atoms with Crippen molar-refractivity contribution >= 4 is 33.2 Å². The zero-order chi connectivity index (χ0) is 26.4. The molecule has 0 saturated carbocycles. The van der Waals surface area contributed by atoms with E-state index < -0.39 is 10.0 Å². The maximum atomic E-state index is 13.9. The Balaban J connectivity index is 1.69.